The Labute approximate surface area is 173 Å². The maximum atomic E-state index is 12.6. The van der Waals surface area contributed by atoms with Gasteiger partial charge in [-0.1, -0.05) is 0 Å². The number of hydrogen-bond donors (Lipinski definition) is 1. The molecule has 0 aliphatic carbocycles. The first-order valence-electron chi connectivity index (χ1n) is 8.82. The van der Waals surface area contributed by atoms with E-state index in [-0.39, 0.29) is 22.9 Å². The molecule has 2 atom stereocenters. The van der Waals surface area contributed by atoms with Gasteiger partial charge in [0.15, 0.2) is 11.5 Å². The van der Waals surface area contributed by atoms with Gasteiger partial charge in [0.25, 0.3) is 5.69 Å². The Morgan fingerprint density at radius 3 is 2.03 bits per heavy atom. The van der Waals surface area contributed by atoms with E-state index in [1.807, 2.05) is 6.92 Å². The van der Waals surface area contributed by atoms with Crippen LogP contribution < -0.4 is 19.5 Å². The monoisotopic (exact) mass is 420 g/mol. The van der Waals surface area contributed by atoms with Crippen LogP contribution in [0.2, 0.25) is 0 Å². The molecule has 0 aliphatic heterocycles. The van der Waals surface area contributed by atoms with Gasteiger partial charge < -0.3 is 19.5 Å². The Morgan fingerprint density at radius 1 is 1.03 bits per heavy atom. The van der Waals surface area contributed by atoms with Gasteiger partial charge in [-0.3, -0.25) is 14.9 Å². The average Bonchev–Trinajstić information content (AvgIpc) is 2.72. The average molecular weight is 420 g/mol. The highest BCUT2D eigenvalue weighted by atomic mass is 32.2. The van der Waals surface area contributed by atoms with E-state index in [2.05, 4.69) is 5.32 Å². The molecule has 2 aromatic carbocycles. The second kappa shape index (κ2) is 10.0. The van der Waals surface area contributed by atoms with Crippen molar-refractivity contribution >= 4 is 23.4 Å². The second-order valence-corrected chi connectivity index (χ2v) is 7.61. The normalized spacial score (nSPS) is 12.6. The van der Waals surface area contributed by atoms with E-state index in [1.165, 1.54) is 45.2 Å². The minimum absolute atomic E-state index is 0.0162. The van der Waals surface area contributed by atoms with Crippen LogP contribution >= 0.6 is 11.8 Å². The van der Waals surface area contributed by atoms with E-state index >= 15 is 0 Å². The molecule has 0 saturated heterocycles. The van der Waals surface area contributed by atoms with Crippen molar-refractivity contribution in [3.63, 3.8) is 0 Å². The number of nitrogens with zero attached hydrogens (tertiary/aromatic N) is 1. The molecular weight excluding hydrogens is 396 g/mol. The summed E-state index contributed by atoms with van der Waals surface area (Å²) in [5, 5.41) is 13.3. The summed E-state index contributed by atoms with van der Waals surface area (Å²) in [5.74, 6) is 1.35. The van der Waals surface area contributed by atoms with Gasteiger partial charge in [0.05, 0.1) is 37.5 Å². The molecule has 0 radical (unpaired) electrons. The molecule has 2 unspecified atom stereocenters. The molecule has 156 valence electrons. The first-order chi connectivity index (χ1) is 13.8. The lowest BCUT2D eigenvalue weighted by molar-refractivity contribution is -0.384. The predicted molar refractivity (Wildman–Crippen MR) is 111 cm³/mol. The van der Waals surface area contributed by atoms with Gasteiger partial charge in [-0.2, -0.15) is 0 Å². The number of nitrogens with one attached hydrogen (secondary N) is 1. The fraction of sp³-hybridized carbons (Fsp3) is 0.350. The number of carbonyl (C=O) groups excluding carboxylic acids is 1. The van der Waals surface area contributed by atoms with Gasteiger partial charge in [0, 0.05) is 17.0 Å². The first-order valence-corrected chi connectivity index (χ1v) is 9.70. The predicted octanol–water partition coefficient (Wildman–Crippen LogP) is 3.98. The molecule has 0 aliphatic rings. The molecule has 2 rings (SSSR count). The summed E-state index contributed by atoms with van der Waals surface area (Å²) in [6.45, 7) is 3.64. The highest BCUT2D eigenvalue weighted by molar-refractivity contribution is 8.00. The maximum Gasteiger partial charge on any atom is 0.269 e. The van der Waals surface area contributed by atoms with Gasteiger partial charge in [-0.05, 0) is 43.7 Å². The summed E-state index contributed by atoms with van der Waals surface area (Å²) < 4.78 is 16.0. The minimum atomic E-state index is -0.455. The Kier molecular flexibility index (Phi) is 7.72. The number of rotatable bonds is 9. The first kappa shape index (κ1) is 22.4. The second-order valence-electron chi connectivity index (χ2n) is 6.20. The van der Waals surface area contributed by atoms with Crippen molar-refractivity contribution in [2.45, 2.75) is 30.0 Å². The molecule has 0 fully saturated rings. The molecule has 0 saturated carbocycles. The van der Waals surface area contributed by atoms with Crippen LogP contribution in [0.3, 0.4) is 0 Å². The molecule has 1 N–H and O–H groups in total. The van der Waals surface area contributed by atoms with Crippen molar-refractivity contribution in [2.24, 2.45) is 0 Å². The van der Waals surface area contributed by atoms with Crippen LogP contribution in [-0.4, -0.2) is 37.4 Å². The number of ether oxygens (including phenoxy) is 3. The van der Waals surface area contributed by atoms with E-state index in [4.69, 9.17) is 14.2 Å². The maximum absolute atomic E-state index is 12.6. The number of nitro groups is 1. The van der Waals surface area contributed by atoms with Gasteiger partial charge in [-0.25, -0.2) is 0 Å². The SMILES string of the molecule is COc1cc(C(C)NC(=O)C(C)Sc2ccc([N+](=O)[O-])cc2)cc(OC)c1OC. The van der Waals surface area contributed by atoms with E-state index in [9.17, 15) is 14.9 Å². The van der Waals surface area contributed by atoms with Crippen molar-refractivity contribution in [1.29, 1.82) is 0 Å². The molecule has 0 heterocycles. The zero-order chi connectivity index (χ0) is 21.6. The number of benzene rings is 2. The van der Waals surface area contributed by atoms with E-state index in [0.717, 1.165) is 10.5 Å². The molecule has 1 amide bonds. The summed E-state index contributed by atoms with van der Waals surface area (Å²) in [4.78, 5) is 23.7. The van der Waals surface area contributed by atoms with Crippen LogP contribution in [0.5, 0.6) is 17.2 Å². The van der Waals surface area contributed by atoms with E-state index in [1.54, 1.807) is 31.2 Å². The smallest absolute Gasteiger partial charge is 0.269 e. The number of carbonyl (C=O) groups is 1. The molecule has 29 heavy (non-hydrogen) atoms. The summed E-state index contributed by atoms with van der Waals surface area (Å²) in [6.07, 6.45) is 0. The lowest BCUT2D eigenvalue weighted by Gasteiger charge is -2.20. The zero-order valence-corrected chi connectivity index (χ0v) is 17.7. The van der Waals surface area contributed by atoms with E-state index in [0.29, 0.717) is 17.2 Å². The summed E-state index contributed by atoms with van der Waals surface area (Å²) in [5.41, 5.74) is 0.822. The Balaban J connectivity index is 2.08. The Morgan fingerprint density at radius 2 is 1.59 bits per heavy atom. The van der Waals surface area contributed by atoms with Crippen LogP contribution in [-0.2, 0) is 4.79 Å². The zero-order valence-electron chi connectivity index (χ0n) is 16.9. The number of hydrogen-bond acceptors (Lipinski definition) is 7. The van der Waals surface area contributed by atoms with Gasteiger partial charge in [0.2, 0.25) is 11.7 Å². The largest absolute Gasteiger partial charge is 0.493 e. The van der Waals surface area contributed by atoms with Crippen LogP contribution in [0, 0.1) is 10.1 Å². The van der Waals surface area contributed by atoms with Crippen molar-refractivity contribution < 1.29 is 23.9 Å². The third kappa shape index (κ3) is 5.54. The van der Waals surface area contributed by atoms with Crippen molar-refractivity contribution in [1.82, 2.24) is 5.32 Å². The molecule has 0 bridgehead atoms. The standard InChI is InChI=1S/C20H24N2O6S/c1-12(14-10-17(26-3)19(28-5)18(11-14)27-4)21-20(23)13(2)29-16-8-6-15(7-9-16)22(24)25/h6-13H,1-5H3,(H,21,23). The number of non-ortho nitro benzene ring substituents is 1. The number of amides is 1. The summed E-state index contributed by atoms with van der Waals surface area (Å²) in [6, 6.07) is 9.40. The van der Waals surface area contributed by atoms with Gasteiger partial charge in [0.1, 0.15) is 0 Å². The van der Waals surface area contributed by atoms with Crippen LogP contribution in [0.1, 0.15) is 25.5 Å². The molecule has 2 aromatic rings. The summed E-state index contributed by atoms with van der Waals surface area (Å²) >= 11 is 1.33. The Hall–Kier alpha value is -2.94. The molecule has 0 spiro atoms. The fourth-order valence-electron chi connectivity index (χ4n) is 2.67. The number of thioether (sulfide) groups is 1. The van der Waals surface area contributed by atoms with Crippen LogP contribution in [0.15, 0.2) is 41.3 Å². The Bertz CT molecular complexity index is 847. The van der Waals surface area contributed by atoms with Crippen molar-refractivity contribution in [3.8, 4) is 17.2 Å². The number of methoxy groups -OCH3 is 3. The van der Waals surface area contributed by atoms with Gasteiger partial charge in [-0.15, -0.1) is 11.8 Å². The van der Waals surface area contributed by atoms with Crippen LogP contribution in [0.4, 0.5) is 5.69 Å². The third-order valence-electron chi connectivity index (χ3n) is 4.28. The molecular formula is C20H24N2O6S. The van der Waals surface area contributed by atoms with Crippen molar-refractivity contribution in [2.75, 3.05) is 21.3 Å². The molecule has 8 nitrogen and oxygen atoms in total. The minimum Gasteiger partial charge on any atom is -0.493 e. The highest BCUT2D eigenvalue weighted by Gasteiger charge is 2.21. The van der Waals surface area contributed by atoms with Gasteiger partial charge >= 0.3 is 0 Å². The van der Waals surface area contributed by atoms with Crippen LogP contribution in [0.25, 0.3) is 0 Å². The fourth-order valence-corrected chi connectivity index (χ4v) is 3.55. The molecule has 0 aromatic heterocycles. The lowest BCUT2D eigenvalue weighted by atomic mass is 10.1. The summed E-state index contributed by atoms with van der Waals surface area (Å²) in [7, 11) is 4.60. The lowest BCUT2D eigenvalue weighted by Crippen LogP contribution is -2.33. The highest BCUT2D eigenvalue weighted by Crippen LogP contribution is 2.39. The topological polar surface area (TPSA) is 99.9 Å². The van der Waals surface area contributed by atoms with E-state index < -0.39 is 4.92 Å². The van der Waals surface area contributed by atoms with Crippen molar-refractivity contribution in [3.05, 3.63) is 52.1 Å². The number of nitro benzene ring substituents is 1. The molecule has 9 heteroatoms. The quantitative estimate of drug-likeness (QED) is 0.372. The third-order valence-corrected chi connectivity index (χ3v) is 5.39.